The van der Waals surface area contributed by atoms with Crippen LogP contribution in [-0.4, -0.2) is 353 Å². The zero-order valence-corrected chi connectivity index (χ0v) is 70.9. The maximum Gasteiger partial charge on any atom is 0.472 e. The second-order valence-electron chi connectivity index (χ2n) is 25.9. The average Bonchev–Trinajstić information content (AvgIpc) is 0.907. The van der Waals surface area contributed by atoms with Crippen molar-refractivity contribution in [1.82, 2.24) is 5.32 Å². The summed E-state index contributed by atoms with van der Waals surface area (Å²) in [5.74, 6) is -0.945. The molecule has 113 heavy (non-hydrogen) atoms. The molecule has 0 bridgehead atoms. The van der Waals surface area contributed by atoms with Crippen molar-refractivity contribution in [3.63, 3.8) is 0 Å². The number of alkyl carbamates (subject to hydrolysis) is 1. The Morgan fingerprint density at radius 3 is 0.735 bits per heavy atom. The minimum Gasteiger partial charge on any atom is -0.462 e. The predicted molar refractivity (Wildman–Crippen MR) is 423 cm³/mol. The number of rotatable bonds is 100. The number of amides is 1. The van der Waals surface area contributed by atoms with Crippen LogP contribution < -0.4 is 5.32 Å². The minimum absolute atomic E-state index is 0.0388. The van der Waals surface area contributed by atoms with Gasteiger partial charge in [-0.2, -0.15) is 0 Å². The van der Waals surface area contributed by atoms with Crippen LogP contribution in [0.25, 0.3) is 0 Å². The Kier molecular flexibility index (Phi) is 94.4. The molecule has 33 nitrogen and oxygen atoms in total. The third-order valence-corrected chi connectivity index (χ3v) is 17.1. The average molecular weight is 1660 g/mol. The van der Waals surface area contributed by atoms with Crippen molar-refractivity contribution in [1.29, 1.82) is 0 Å². The van der Waals surface area contributed by atoms with Gasteiger partial charge < -0.3 is 129 Å². The first-order chi connectivity index (χ1) is 55.7. The van der Waals surface area contributed by atoms with Gasteiger partial charge in [0.25, 0.3) is 0 Å². The Morgan fingerprint density at radius 1 is 0.265 bits per heavy atom. The summed E-state index contributed by atoms with van der Waals surface area (Å²) in [6, 6.07) is 0. The smallest absolute Gasteiger partial charge is 0.462 e. The number of unbranched alkanes of at least 4 members (excludes halogenated alkanes) is 20. The van der Waals surface area contributed by atoms with Gasteiger partial charge in [0.05, 0.1) is 297 Å². The zero-order chi connectivity index (χ0) is 81.5. The Hall–Kier alpha value is -2.56. The van der Waals surface area contributed by atoms with E-state index in [1.807, 2.05) is 0 Å². The van der Waals surface area contributed by atoms with E-state index in [-0.39, 0.29) is 52.4 Å². The lowest BCUT2D eigenvalue weighted by atomic mass is 10.1. The topological polar surface area (TPSA) is 350 Å². The van der Waals surface area contributed by atoms with E-state index in [0.29, 0.717) is 284 Å². The summed E-state index contributed by atoms with van der Waals surface area (Å²) < 4.78 is 159. The zero-order valence-electron chi connectivity index (χ0n) is 70.0. The Balaban J connectivity index is 3.58. The largest absolute Gasteiger partial charge is 0.472 e. The number of carbonyl (C=O) groups is 3. The normalized spacial score (nSPS) is 12.5. The number of phosphoric ester groups is 1. The van der Waals surface area contributed by atoms with E-state index in [1.165, 1.54) is 89.9 Å². The maximum absolute atomic E-state index is 12.8. The van der Waals surface area contributed by atoms with Gasteiger partial charge in [0.2, 0.25) is 0 Å². The van der Waals surface area contributed by atoms with Gasteiger partial charge in [-0.3, -0.25) is 18.6 Å². The molecule has 34 heteroatoms. The van der Waals surface area contributed by atoms with Gasteiger partial charge in [0.15, 0.2) is 6.10 Å². The lowest BCUT2D eigenvalue weighted by Crippen LogP contribution is -2.30. The molecule has 1 amide bonds. The summed E-state index contributed by atoms with van der Waals surface area (Å²) in [6.45, 7) is 22.6. The van der Waals surface area contributed by atoms with Crippen LogP contribution in [0.4, 0.5) is 4.79 Å². The van der Waals surface area contributed by atoms with Crippen LogP contribution in [0.1, 0.15) is 168 Å². The summed E-state index contributed by atoms with van der Waals surface area (Å²) in [6.07, 6.45) is 23.7. The molecule has 674 valence electrons. The molecule has 0 saturated carbocycles. The van der Waals surface area contributed by atoms with Crippen LogP contribution in [0.2, 0.25) is 0 Å². The highest BCUT2D eigenvalue weighted by Gasteiger charge is 2.26. The van der Waals surface area contributed by atoms with E-state index >= 15 is 0 Å². The Labute approximate surface area is 678 Å². The van der Waals surface area contributed by atoms with E-state index in [9.17, 15) is 23.8 Å². The molecule has 0 aromatic heterocycles. The molecule has 0 aromatic rings. The fourth-order valence-corrected chi connectivity index (χ4v) is 10.7. The monoisotopic (exact) mass is 1660 g/mol. The van der Waals surface area contributed by atoms with E-state index < -0.39 is 38.6 Å². The summed E-state index contributed by atoms with van der Waals surface area (Å²) in [5, 5.41) is 2.42. The number of methoxy groups -OCH3 is 1. The SMILES string of the molecule is CCCCCCCCCCCCCC(=O)OC[C@H](COP(=O)(O)OCCNC(=O)OCCOCCOCCOCCOCCOCCOCCOCCOCCOCCOCCOCCOCCOCCOCCOCCOCCOCCOCCOCCOCCOCCOC)OC(=O)CCCCCCCCCCCCC. The molecule has 0 aliphatic heterocycles. The summed E-state index contributed by atoms with van der Waals surface area (Å²) in [7, 11) is -3.01. The standard InChI is InChI=1S/C79H156NO32P/c1-4-6-8-10-12-14-16-18-20-22-24-26-77(81)109-74-76(112-78(82)27-25-23-21-19-17-15-13-11-9-7-5-2)75-111-113(84,85)110-29-28-80-79(83)108-73-72-107-71-70-106-69-68-105-67-66-104-65-64-103-63-62-102-61-60-101-59-58-100-57-56-99-55-54-98-53-52-97-51-50-96-49-48-95-47-46-94-45-44-93-43-42-92-41-40-91-39-38-90-37-36-89-35-34-88-33-32-87-31-30-86-3/h76H,4-75H2,1-3H3,(H,80,83)(H,84,85)/t76-/m1/s1. The predicted octanol–water partition coefficient (Wildman–Crippen LogP) is 9.70. The molecule has 0 spiro atoms. The van der Waals surface area contributed by atoms with Crippen molar-refractivity contribution >= 4 is 25.9 Å². The number of phosphoric acid groups is 1. The van der Waals surface area contributed by atoms with E-state index in [4.69, 9.17) is 127 Å². The fourth-order valence-electron chi connectivity index (χ4n) is 9.90. The second kappa shape index (κ2) is 96.6. The summed E-state index contributed by atoms with van der Waals surface area (Å²) >= 11 is 0. The third-order valence-electron chi connectivity index (χ3n) is 16.1. The van der Waals surface area contributed by atoms with Crippen molar-refractivity contribution in [2.45, 2.75) is 174 Å². The van der Waals surface area contributed by atoms with Gasteiger partial charge in [-0.1, -0.05) is 142 Å². The first-order valence-corrected chi connectivity index (χ1v) is 43.7. The van der Waals surface area contributed by atoms with Gasteiger partial charge in [-0.05, 0) is 12.8 Å². The Morgan fingerprint density at radius 2 is 0.487 bits per heavy atom. The molecule has 1 unspecified atom stereocenters. The van der Waals surface area contributed by atoms with Crippen molar-refractivity contribution < 1.29 is 151 Å². The fraction of sp³-hybridized carbons (Fsp3) is 0.962. The van der Waals surface area contributed by atoms with Gasteiger partial charge in [0, 0.05) is 26.5 Å². The van der Waals surface area contributed by atoms with Gasteiger partial charge in [-0.25, -0.2) is 9.36 Å². The first-order valence-electron chi connectivity index (χ1n) is 42.2. The van der Waals surface area contributed by atoms with Crippen LogP contribution in [-0.2, 0) is 142 Å². The molecule has 0 rings (SSSR count). The van der Waals surface area contributed by atoms with Crippen molar-refractivity contribution in [2.24, 2.45) is 0 Å². The molecule has 0 heterocycles. The minimum atomic E-state index is -4.65. The number of carbonyl (C=O) groups excluding carboxylic acids is 3. The molecule has 0 aromatic carbocycles. The maximum atomic E-state index is 12.8. The molecular weight excluding hydrogens is 1510 g/mol. The van der Waals surface area contributed by atoms with Crippen LogP contribution in [0.3, 0.4) is 0 Å². The number of ether oxygens (including phenoxy) is 25. The number of nitrogens with one attached hydrogen (secondary N) is 1. The van der Waals surface area contributed by atoms with E-state index in [2.05, 4.69) is 19.2 Å². The van der Waals surface area contributed by atoms with Crippen LogP contribution in [0, 0.1) is 0 Å². The van der Waals surface area contributed by atoms with Gasteiger partial charge in [-0.15, -0.1) is 0 Å². The Bertz CT molecular complexity index is 1940. The van der Waals surface area contributed by atoms with Crippen molar-refractivity contribution in [3.05, 3.63) is 0 Å². The summed E-state index contributed by atoms with van der Waals surface area (Å²) in [4.78, 5) is 47.9. The van der Waals surface area contributed by atoms with Crippen LogP contribution in [0.15, 0.2) is 0 Å². The molecule has 2 N–H and O–H groups in total. The summed E-state index contributed by atoms with van der Waals surface area (Å²) in [5.41, 5.74) is 0. The van der Waals surface area contributed by atoms with Gasteiger partial charge in [0.1, 0.15) is 13.2 Å². The van der Waals surface area contributed by atoms with E-state index in [1.54, 1.807) is 7.11 Å². The quantitative estimate of drug-likeness (QED) is 0.0247. The van der Waals surface area contributed by atoms with Crippen molar-refractivity contribution in [3.8, 4) is 0 Å². The molecule has 0 aliphatic rings. The molecular formula is C79H156NO32P. The number of hydrogen-bond donors (Lipinski definition) is 2. The van der Waals surface area contributed by atoms with Crippen LogP contribution >= 0.6 is 7.82 Å². The van der Waals surface area contributed by atoms with Gasteiger partial charge >= 0.3 is 25.9 Å². The number of hydrogen-bond acceptors (Lipinski definition) is 31. The lowest BCUT2D eigenvalue weighted by Gasteiger charge is -2.20. The number of esters is 2. The van der Waals surface area contributed by atoms with E-state index in [0.717, 1.165) is 38.5 Å². The highest BCUT2D eigenvalue weighted by atomic mass is 31.2. The third kappa shape index (κ3) is 96.5. The molecule has 0 fully saturated rings. The van der Waals surface area contributed by atoms with Crippen molar-refractivity contribution in [2.75, 3.05) is 324 Å². The highest BCUT2D eigenvalue weighted by Crippen LogP contribution is 2.43. The molecule has 0 aliphatic carbocycles. The molecule has 0 radical (unpaired) electrons. The lowest BCUT2D eigenvalue weighted by molar-refractivity contribution is -0.161. The van der Waals surface area contributed by atoms with Crippen LogP contribution in [0.5, 0.6) is 0 Å². The highest BCUT2D eigenvalue weighted by molar-refractivity contribution is 7.47. The first kappa shape index (κ1) is 110. The second-order valence-corrected chi connectivity index (χ2v) is 27.3. The molecule has 0 saturated heterocycles. The molecule has 2 atom stereocenters.